The molecule has 1 atom stereocenters. The van der Waals surface area contributed by atoms with Crippen molar-refractivity contribution in [2.45, 2.75) is 33.3 Å². The van der Waals surface area contributed by atoms with Crippen LogP contribution >= 0.6 is 12.4 Å². The molecule has 0 saturated carbocycles. The van der Waals surface area contributed by atoms with Crippen molar-refractivity contribution in [3.63, 3.8) is 0 Å². The van der Waals surface area contributed by atoms with Crippen molar-refractivity contribution in [1.29, 1.82) is 0 Å². The molecule has 0 radical (unpaired) electrons. The van der Waals surface area contributed by atoms with Gasteiger partial charge >= 0.3 is 0 Å². The minimum absolute atomic E-state index is 0. The molecule has 0 amide bonds. The second-order valence-corrected chi connectivity index (χ2v) is 2.22. The van der Waals surface area contributed by atoms with Gasteiger partial charge < -0.3 is 5.11 Å². The summed E-state index contributed by atoms with van der Waals surface area (Å²) in [5.74, 6) is 0.421. The van der Waals surface area contributed by atoms with E-state index in [1.807, 2.05) is 20.8 Å². The van der Waals surface area contributed by atoms with E-state index in [4.69, 9.17) is 5.11 Å². The number of hydrogen-bond acceptors (Lipinski definition) is 1. The summed E-state index contributed by atoms with van der Waals surface area (Å²) in [5.41, 5.74) is 0. The summed E-state index contributed by atoms with van der Waals surface area (Å²) >= 11 is 0. The molecule has 2 heteroatoms. The maximum atomic E-state index is 8.94. The average molecular weight is 139 g/mol. The van der Waals surface area contributed by atoms with Crippen LogP contribution in [0.15, 0.2) is 0 Å². The Morgan fingerprint density at radius 2 is 1.75 bits per heavy atom. The van der Waals surface area contributed by atoms with Gasteiger partial charge in [0.15, 0.2) is 0 Å². The van der Waals surface area contributed by atoms with Crippen LogP contribution in [0, 0.1) is 5.92 Å². The Morgan fingerprint density at radius 3 is 1.75 bits per heavy atom. The molecule has 0 aliphatic heterocycles. The van der Waals surface area contributed by atoms with Crippen molar-refractivity contribution < 1.29 is 5.11 Å². The molecule has 1 nitrogen and oxygen atoms in total. The van der Waals surface area contributed by atoms with Crippen LogP contribution in [0.2, 0.25) is 0 Å². The van der Waals surface area contributed by atoms with Crippen molar-refractivity contribution in [2.75, 3.05) is 0 Å². The van der Waals surface area contributed by atoms with Gasteiger partial charge in [-0.1, -0.05) is 20.8 Å². The Kier molecular flexibility index (Phi) is 7.48. The highest BCUT2D eigenvalue weighted by molar-refractivity contribution is 5.85. The predicted octanol–water partition coefficient (Wildman–Crippen LogP) is 1.84. The standard InChI is InChI=1S/C6H14O.ClH/c1-4-6(7)5(2)3;/h5-7H,4H2,1-3H3;1H. The normalized spacial score (nSPS) is 13.1. The molecule has 0 spiro atoms. The third-order valence-electron chi connectivity index (χ3n) is 1.19. The Bertz CT molecular complexity index is 45.8. The monoisotopic (exact) mass is 138 g/mol. The SMILES string of the molecule is CCC(O)C(C)C.Cl. The summed E-state index contributed by atoms with van der Waals surface area (Å²) in [6, 6.07) is 0. The zero-order valence-electron chi connectivity index (χ0n) is 5.72. The van der Waals surface area contributed by atoms with Crippen LogP contribution in [0.1, 0.15) is 27.2 Å². The maximum absolute atomic E-state index is 8.94. The molecule has 0 aromatic rings. The first-order valence-corrected chi connectivity index (χ1v) is 2.86. The van der Waals surface area contributed by atoms with Crippen LogP contribution in [0.3, 0.4) is 0 Å². The van der Waals surface area contributed by atoms with Gasteiger partial charge in [-0.05, 0) is 12.3 Å². The maximum Gasteiger partial charge on any atom is 0.0560 e. The van der Waals surface area contributed by atoms with Crippen molar-refractivity contribution in [3.05, 3.63) is 0 Å². The van der Waals surface area contributed by atoms with Crippen LogP contribution in [-0.4, -0.2) is 11.2 Å². The van der Waals surface area contributed by atoms with E-state index in [0.717, 1.165) is 6.42 Å². The van der Waals surface area contributed by atoms with Crippen LogP contribution in [-0.2, 0) is 0 Å². The summed E-state index contributed by atoms with van der Waals surface area (Å²) in [6.07, 6.45) is 0.775. The second kappa shape index (κ2) is 5.39. The minimum Gasteiger partial charge on any atom is -0.393 e. The van der Waals surface area contributed by atoms with Crippen LogP contribution < -0.4 is 0 Å². The summed E-state index contributed by atoms with van der Waals surface area (Å²) in [6.45, 7) is 6.03. The smallest absolute Gasteiger partial charge is 0.0560 e. The molecule has 52 valence electrons. The minimum atomic E-state index is -0.0972. The van der Waals surface area contributed by atoms with Crippen molar-refractivity contribution in [2.24, 2.45) is 5.92 Å². The van der Waals surface area contributed by atoms with E-state index in [9.17, 15) is 0 Å². The Labute approximate surface area is 57.5 Å². The summed E-state index contributed by atoms with van der Waals surface area (Å²) in [4.78, 5) is 0. The van der Waals surface area contributed by atoms with Gasteiger partial charge in [-0.25, -0.2) is 0 Å². The molecule has 0 aliphatic carbocycles. The van der Waals surface area contributed by atoms with E-state index in [2.05, 4.69) is 0 Å². The zero-order chi connectivity index (χ0) is 5.86. The Morgan fingerprint density at radius 1 is 1.38 bits per heavy atom. The van der Waals surface area contributed by atoms with E-state index in [-0.39, 0.29) is 18.5 Å². The van der Waals surface area contributed by atoms with E-state index in [1.54, 1.807) is 0 Å². The van der Waals surface area contributed by atoms with E-state index in [1.165, 1.54) is 0 Å². The molecular weight excluding hydrogens is 124 g/mol. The molecule has 0 bridgehead atoms. The highest BCUT2D eigenvalue weighted by atomic mass is 35.5. The number of rotatable bonds is 2. The van der Waals surface area contributed by atoms with Gasteiger partial charge in [0.25, 0.3) is 0 Å². The lowest BCUT2D eigenvalue weighted by atomic mass is 10.1. The van der Waals surface area contributed by atoms with Gasteiger partial charge in [-0.3, -0.25) is 0 Å². The Hall–Kier alpha value is 0.250. The summed E-state index contributed by atoms with van der Waals surface area (Å²) in [5, 5.41) is 8.94. The van der Waals surface area contributed by atoms with Gasteiger partial charge in [0, 0.05) is 0 Å². The first kappa shape index (κ1) is 11.1. The van der Waals surface area contributed by atoms with Gasteiger partial charge in [-0.2, -0.15) is 0 Å². The molecule has 1 N–H and O–H groups in total. The molecule has 8 heavy (non-hydrogen) atoms. The quantitative estimate of drug-likeness (QED) is 0.618. The van der Waals surface area contributed by atoms with Crippen molar-refractivity contribution >= 4 is 12.4 Å². The number of aliphatic hydroxyl groups excluding tert-OH is 1. The predicted molar refractivity (Wildman–Crippen MR) is 38.4 cm³/mol. The second-order valence-electron chi connectivity index (χ2n) is 2.22. The first-order valence-electron chi connectivity index (χ1n) is 2.86. The molecule has 0 aromatic heterocycles. The average Bonchev–Trinajstić information content (AvgIpc) is 1.65. The van der Waals surface area contributed by atoms with Crippen LogP contribution in [0.5, 0.6) is 0 Å². The van der Waals surface area contributed by atoms with Gasteiger partial charge in [0.1, 0.15) is 0 Å². The molecular formula is C6H15ClO. The number of hydrogen-bond donors (Lipinski definition) is 1. The molecule has 0 rings (SSSR count). The van der Waals surface area contributed by atoms with E-state index < -0.39 is 0 Å². The van der Waals surface area contributed by atoms with Crippen molar-refractivity contribution in [1.82, 2.24) is 0 Å². The molecule has 0 saturated heterocycles. The fourth-order valence-corrected chi connectivity index (χ4v) is 0.471. The van der Waals surface area contributed by atoms with Crippen LogP contribution in [0.25, 0.3) is 0 Å². The molecule has 0 aliphatic rings. The molecule has 1 unspecified atom stereocenters. The number of halogens is 1. The van der Waals surface area contributed by atoms with Gasteiger partial charge in [-0.15, -0.1) is 12.4 Å². The summed E-state index contributed by atoms with van der Waals surface area (Å²) < 4.78 is 0. The lowest BCUT2D eigenvalue weighted by molar-refractivity contribution is 0.121. The van der Waals surface area contributed by atoms with Gasteiger partial charge in [0.05, 0.1) is 6.10 Å². The third kappa shape index (κ3) is 4.41. The molecule has 0 aromatic carbocycles. The fraction of sp³-hybridized carbons (Fsp3) is 1.00. The third-order valence-corrected chi connectivity index (χ3v) is 1.19. The fourth-order valence-electron chi connectivity index (χ4n) is 0.471. The largest absolute Gasteiger partial charge is 0.393 e. The number of aliphatic hydroxyl groups is 1. The topological polar surface area (TPSA) is 20.2 Å². The first-order chi connectivity index (χ1) is 3.18. The summed E-state index contributed by atoms with van der Waals surface area (Å²) in [7, 11) is 0. The van der Waals surface area contributed by atoms with Gasteiger partial charge in [0.2, 0.25) is 0 Å². The highest BCUT2D eigenvalue weighted by Crippen LogP contribution is 2.02. The highest BCUT2D eigenvalue weighted by Gasteiger charge is 2.03. The van der Waals surface area contributed by atoms with E-state index in [0.29, 0.717) is 5.92 Å². The Balaban J connectivity index is 0. The van der Waals surface area contributed by atoms with E-state index >= 15 is 0 Å². The lowest BCUT2D eigenvalue weighted by Gasteiger charge is -2.09. The van der Waals surface area contributed by atoms with Crippen molar-refractivity contribution in [3.8, 4) is 0 Å². The molecule has 0 fully saturated rings. The lowest BCUT2D eigenvalue weighted by Crippen LogP contribution is -2.11. The van der Waals surface area contributed by atoms with Crippen LogP contribution in [0.4, 0.5) is 0 Å². The zero-order valence-corrected chi connectivity index (χ0v) is 6.53. The molecule has 0 heterocycles.